The quantitative estimate of drug-likeness (QED) is 0.869. The highest BCUT2D eigenvalue weighted by atomic mass is 32.2. The van der Waals surface area contributed by atoms with Crippen molar-refractivity contribution in [1.82, 2.24) is 0 Å². The Bertz CT molecular complexity index is 522. The zero-order valence-corrected chi connectivity index (χ0v) is 11.7. The molecule has 0 heterocycles. The Morgan fingerprint density at radius 1 is 1.11 bits per heavy atom. The summed E-state index contributed by atoms with van der Waals surface area (Å²) in [5.41, 5.74) is 8.70. The third-order valence-corrected chi connectivity index (χ3v) is 4.06. The molecule has 2 heteroatoms. The fourth-order valence-electron chi connectivity index (χ4n) is 1.91. The van der Waals surface area contributed by atoms with E-state index >= 15 is 0 Å². The Hall–Kier alpha value is -1.25. The van der Waals surface area contributed by atoms with Gasteiger partial charge in [-0.1, -0.05) is 54.6 Å². The summed E-state index contributed by atoms with van der Waals surface area (Å²) < 4.78 is 0. The van der Waals surface area contributed by atoms with Crippen molar-refractivity contribution in [3.05, 3.63) is 59.7 Å². The zero-order chi connectivity index (χ0) is 13.0. The van der Waals surface area contributed by atoms with E-state index < -0.39 is 0 Å². The fraction of sp³-hybridized carbons (Fsp3) is 0.250. The van der Waals surface area contributed by atoms with Crippen LogP contribution in [0, 0.1) is 6.92 Å². The molecule has 2 aromatic rings. The molecule has 0 bridgehead atoms. The molecule has 2 rings (SSSR count). The molecule has 18 heavy (non-hydrogen) atoms. The van der Waals surface area contributed by atoms with Crippen molar-refractivity contribution in [2.24, 2.45) is 5.73 Å². The Labute approximate surface area is 113 Å². The molecule has 0 fully saturated rings. The lowest BCUT2D eigenvalue weighted by Gasteiger charge is -2.14. The summed E-state index contributed by atoms with van der Waals surface area (Å²) in [5.74, 6) is 0. The molecule has 2 aromatic carbocycles. The molecule has 1 nitrogen and oxygen atoms in total. The summed E-state index contributed by atoms with van der Waals surface area (Å²) in [6, 6.07) is 17.1. The summed E-state index contributed by atoms with van der Waals surface area (Å²) in [5, 5.41) is 0. The van der Waals surface area contributed by atoms with Gasteiger partial charge in [-0.2, -0.15) is 0 Å². The van der Waals surface area contributed by atoms with E-state index in [1.165, 1.54) is 20.9 Å². The maximum Gasteiger partial charge on any atom is 0.0303 e. The molecule has 0 spiro atoms. The van der Waals surface area contributed by atoms with Gasteiger partial charge in [0.25, 0.3) is 0 Å². The summed E-state index contributed by atoms with van der Waals surface area (Å²) in [4.78, 5) is 2.53. The van der Waals surface area contributed by atoms with Crippen LogP contribution < -0.4 is 5.73 Å². The fourth-order valence-corrected chi connectivity index (χ4v) is 3.03. The van der Waals surface area contributed by atoms with E-state index in [0.29, 0.717) is 0 Å². The minimum Gasteiger partial charge on any atom is -0.324 e. The molecule has 0 amide bonds. The summed E-state index contributed by atoms with van der Waals surface area (Å²) in [7, 11) is 0. The molecule has 0 saturated carbocycles. The predicted molar refractivity (Wildman–Crippen MR) is 79.0 cm³/mol. The van der Waals surface area contributed by atoms with Gasteiger partial charge in [0, 0.05) is 15.8 Å². The number of nitrogens with two attached hydrogens (primary N) is 1. The van der Waals surface area contributed by atoms with Crippen molar-refractivity contribution >= 4 is 11.8 Å². The minimum absolute atomic E-state index is 0.124. The van der Waals surface area contributed by atoms with Crippen LogP contribution in [0.5, 0.6) is 0 Å². The van der Waals surface area contributed by atoms with E-state index in [2.05, 4.69) is 62.4 Å². The first-order valence-electron chi connectivity index (χ1n) is 6.29. The van der Waals surface area contributed by atoms with Gasteiger partial charge in [-0.15, -0.1) is 0 Å². The molecule has 94 valence electrons. The van der Waals surface area contributed by atoms with Crippen molar-refractivity contribution < 1.29 is 0 Å². The Kier molecular flexibility index (Phi) is 4.45. The van der Waals surface area contributed by atoms with Crippen LogP contribution in [0.15, 0.2) is 58.3 Å². The SMILES string of the molecule is CC[C@@H](N)c1ccccc1Sc1cccc(C)c1. The van der Waals surface area contributed by atoms with Crippen LogP contribution in [0.2, 0.25) is 0 Å². The van der Waals surface area contributed by atoms with Gasteiger partial charge in [-0.05, 0) is 37.1 Å². The van der Waals surface area contributed by atoms with E-state index in [1.54, 1.807) is 11.8 Å². The number of aryl methyl sites for hydroxylation is 1. The molecule has 0 aliphatic carbocycles. The third-order valence-electron chi connectivity index (χ3n) is 2.98. The highest BCUT2D eigenvalue weighted by Gasteiger charge is 2.09. The lowest BCUT2D eigenvalue weighted by atomic mass is 10.1. The summed E-state index contributed by atoms with van der Waals surface area (Å²) in [6.45, 7) is 4.24. The molecule has 0 aliphatic heterocycles. The van der Waals surface area contributed by atoms with Crippen molar-refractivity contribution in [3.63, 3.8) is 0 Å². The molecule has 2 N–H and O–H groups in total. The molecular formula is C16H19NS. The van der Waals surface area contributed by atoms with Crippen LogP contribution in [0.3, 0.4) is 0 Å². The first kappa shape index (κ1) is 13.2. The van der Waals surface area contributed by atoms with E-state index in [1.807, 2.05) is 0 Å². The number of hydrogen-bond acceptors (Lipinski definition) is 2. The second kappa shape index (κ2) is 6.07. The number of hydrogen-bond donors (Lipinski definition) is 1. The highest BCUT2D eigenvalue weighted by molar-refractivity contribution is 7.99. The van der Waals surface area contributed by atoms with Crippen LogP contribution in [0.1, 0.15) is 30.5 Å². The van der Waals surface area contributed by atoms with Crippen molar-refractivity contribution in [1.29, 1.82) is 0 Å². The van der Waals surface area contributed by atoms with Crippen molar-refractivity contribution in [3.8, 4) is 0 Å². The topological polar surface area (TPSA) is 26.0 Å². The average molecular weight is 257 g/mol. The van der Waals surface area contributed by atoms with Crippen molar-refractivity contribution in [2.75, 3.05) is 0 Å². The van der Waals surface area contributed by atoms with Crippen LogP contribution in [0.4, 0.5) is 0 Å². The van der Waals surface area contributed by atoms with Crippen LogP contribution in [-0.4, -0.2) is 0 Å². The Morgan fingerprint density at radius 3 is 2.61 bits per heavy atom. The van der Waals surface area contributed by atoms with Gasteiger partial charge < -0.3 is 5.73 Å². The minimum atomic E-state index is 0.124. The van der Waals surface area contributed by atoms with Gasteiger partial charge >= 0.3 is 0 Å². The van der Waals surface area contributed by atoms with Gasteiger partial charge in [0.2, 0.25) is 0 Å². The van der Waals surface area contributed by atoms with E-state index in [0.717, 1.165) is 6.42 Å². The standard InChI is InChI=1S/C16H19NS/c1-3-15(17)14-9-4-5-10-16(14)18-13-8-6-7-12(2)11-13/h4-11,15H,3,17H2,1-2H3/t15-/m1/s1. The molecule has 0 unspecified atom stereocenters. The summed E-state index contributed by atoms with van der Waals surface area (Å²) in [6.07, 6.45) is 0.964. The van der Waals surface area contributed by atoms with Crippen LogP contribution in [-0.2, 0) is 0 Å². The van der Waals surface area contributed by atoms with E-state index in [-0.39, 0.29) is 6.04 Å². The smallest absolute Gasteiger partial charge is 0.0303 e. The van der Waals surface area contributed by atoms with Gasteiger partial charge in [0.1, 0.15) is 0 Å². The largest absolute Gasteiger partial charge is 0.324 e. The monoisotopic (exact) mass is 257 g/mol. The first-order valence-corrected chi connectivity index (χ1v) is 7.11. The maximum atomic E-state index is 6.17. The van der Waals surface area contributed by atoms with Gasteiger partial charge in [-0.25, -0.2) is 0 Å². The van der Waals surface area contributed by atoms with Crippen LogP contribution >= 0.6 is 11.8 Å². The number of benzene rings is 2. The molecule has 0 aromatic heterocycles. The van der Waals surface area contributed by atoms with Crippen molar-refractivity contribution in [2.45, 2.75) is 36.1 Å². The molecule has 0 aliphatic rings. The lowest BCUT2D eigenvalue weighted by Crippen LogP contribution is -2.09. The van der Waals surface area contributed by atoms with Gasteiger partial charge in [0.15, 0.2) is 0 Å². The Balaban J connectivity index is 2.29. The van der Waals surface area contributed by atoms with E-state index in [9.17, 15) is 0 Å². The highest BCUT2D eigenvalue weighted by Crippen LogP contribution is 2.33. The lowest BCUT2D eigenvalue weighted by molar-refractivity contribution is 0.685. The number of rotatable bonds is 4. The second-order valence-corrected chi connectivity index (χ2v) is 5.59. The normalized spacial score (nSPS) is 12.4. The third kappa shape index (κ3) is 3.15. The van der Waals surface area contributed by atoms with Gasteiger partial charge in [0.05, 0.1) is 0 Å². The average Bonchev–Trinajstić information content (AvgIpc) is 2.38. The van der Waals surface area contributed by atoms with Crippen LogP contribution in [0.25, 0.3) is 0 Å². The predicted octanol–water partition coefficient (Wildman–Crippen LogP) is 4.56. The second-order valence-electron chi connectivity index (χ2n) is 4.47. The maximum absolute atomic E-state index is 6.17. The Morgan fingerprint density at radius 2 is 1.89 bits per heavy atom. The first-order chi connectivity index (χ1) is 8.70. The van der Waals surface area contributed by atoms with Gasteiger partial charge in [-0.3, -0.25) is 0 Å². The molecule has 0 saturated heterocycles. The molecular weight excluding hydrogens is 238 g/mol. The zero-order valence-electron chi connectivity index (χ0n) is 10.9. The van der Waals surface area contributed by atoms with E-state index in [4.69, 9.17) is 5.73 Å². The molecule has 0 radical (unpaired) electrons. The molecule has 1 atom stereocenters. The summed E-state index contributed by atoms with van der Waals surface area (Å²) >= 11 is 1.79.